The molecule has 4 bridgehead atoms. The largest absolute Gasteiger partial charge is 0.355 e. The van der Waals surface area contributed by atoms with E-state index in [-0.39, 0.29) is 23.5 Å². The average molecular weight is 638 g/mol. The average Bonchev–Trinajstić information content (AvgIpc) is 3.33. The lowest BCUT2D eigenvalue weighted by Crippen LogP contribution is -2.47. The SMILES string of the molecule is CC1=CC(C)=C(CCC(=O)c2c(C)n(C(C)C3CCN(CCNC(=O)CC4C5CC6CC(C5)CC4C6)CC3)c3ccccc23)C(=O)C1. The second-order valence-corrected chi connectivity index (χ2v) is 16.1. The molecule has 0 radical (unpaired) electrons. The number of nitrogens with zero attached hydrogens (tertiary/aromatic N) is 2. The van der Waals surface area contributed by atoms with Gasteiger partial charge in [-0.1, -0.05) is 29.8 Å². The number of carbonyl (C=O) groups excluding carboxylic acids is 3. The number of rotatable bonds is 11. The molecule has 1 aromatic heterocycles. The molecule has 1 saturated heterocycles. The van der Waals surface area contributed by atoms with Gasteiger partial charge in [0.2, 0.25) is 5.91 Å². The summed E-state index contributed by atoms with van der Waals surface area (Å²) in [5, 5.41) is 4.31. The summed E-state index contributed by atoms with van der Waals surface area (Å²) in [7, 11) is 0. The van der Waals surface area contributed by atoms with Gasteiger partial charge in [0.1, 0.15) is 0 Å². The Balaban J connectivity index is 0.928. The van der Waals surface area contributed by atoms with Crippen molar-refractivity contribution < 1.29 is 14.4 Å². The quantitative estimate of drug-likeness (QED) is 0.254. The molecule has 8 rings (SSSR count). The molecule has 4 saturated carbocycles. The van der Waals surface area contributed by atoms with Gasteiger partial charge in [0.05, 0.1) is 0 Å². The number of carbonyl (C=O) groups is 3. The van der Waals surface area contributed by atoms with Crippen LogP contribution in [-0.2, 0) is 9.59 Å². The Kier molecular flexibility index (Phi) is 9.34. The van der Waals surface area contributed by atoms with Crippen molar-refractivity contribution >= 4 is 28.4 Å². The Morgan fingerprint density at radius 1 is 0.957 bits per heavy atom. The second-order valence-electron chi connectivity index (χ2n) is 16.1. The molecular formula is C41H55N3O3. The molecule has 6 heteroatoms. The van der Waals surface area contributed by atoms with Gasteiger partial charge in [0, 0.05) is 60.6 Å². The van der Waals surface area contributed by atoms with E-state index in [9.17, 15) is 14.4 Å². The van der Waals surface area contributed by atoms with Gasteiger partial charge in [-0.3, -0.25) is 14.4 Å². The van der Waals surface area contributed by atoms with Crippen molar-refractivity contribution in [3.63, 3.8) is 0 Å². The second kappa shape index (κ2) is 13.5. The Labute approximate surface area is 281 Å². The zero-order valence-electron chi connectivity index (χ0n) is 29.2. The highest BCUT2D eigenvalue weighted by atomic mass is 16.1. The first-order valence-electron chi connectivity index (χ1n) is 18.7. The van der Waals surface area contributed by atoms with Gasteiger partial charge >= 0.3 is 0 Å². The highest BCUT2D eigenvalue weighted by Crippen LogP contribution is 2.57. The first kappa shape index (κ1) is 32.6. The van der Waals surface area contributed by atoms with Crippen LogP contribution in [0.1, 0.15) is 113 Å². The molecule has 5 fully saturated rings. The summed E-state index contributed by atoms with van der Waals surface area (Å²) in [5.41, 5.74) is 5.91. The summed E-state index contributed by atoms with van der Waals surface area (Å²) < 4.78 is 2.41. The number of ketones is 2. The minimum absolute atomic E-state index is 0.129. The van der Waals surface area contributed by atoms with Gasteiger partial charge in [0.25, 0.3) is 0 Å². The molecule has 47 heavy (non-hydrogen) atoms. The molecule has 0 spiro atoms. The predicted molar refractivity (Wildman–Crippen MR) is 188 cm³/mol. The van der Waals surface area contributed by atoms with E-state index in [0.717, 1.165) is 108 Å². The van der Waals surface area contributed by atoms with Crippen molar-refractivity contribution in [3.05, 3.63) is 58.3 Å². The Hall–Kier alpha value is -2.99. The van der Waals surface area contributed by atoms with Gasteiger partial charge in [-0.05, 0) is 145 Å². The number of para-hydroxylation sites is 1. The Morgan fingerprint density at radius 2 is 1.64 bits per heavy atom. The molecular weight excluding hydrogens is 582 g/mol. The third-order valence-electron chi connectivity index (χ3n) is 13.1. The summed E-state index contributed by atoms with van der Waals surface area (Å²) >= 11 is 0. The van der Waals surface area contributed by atoms with Crippen LogP contribution in [0, 0.1) is 42.4 Å². The first-order chi connectivity index (χ1) is 22.7. The van der Waals surface area contributed by atoms with Crippen LogP contribution in [0.3, 0.4) is 0 Å². The molecule has 1 amide bonds. The maximum Gasteiger partial charge on any atom is 0.220 e. The van der Waals surface area contributed by atoms with Crippen molar-refractivity contribution in [3.8, 4) is 0 Å². The fourth-order valence-electron chi connectivity index (χ4n) is 10.9. The van der Waals surface area contributed by atoms with Crippen LogP contribution in [0.2, 0.25) is 0 Å². The molecule has 252 valence electrons. The molecule has 1 N–H and O–H groups in total. The number of allylic oxidation sites excluding steroid dienone is 4. The first-order valence-corrected chi connectivity index (χ1v) is 18.7. The number of benzene rings is 1. The van der Waals surface area contributed by atoms with Crippen LogP contribution in [0.25, 0.3) is 10.9 Å². The van der Waals surface area contributed by atoms with Crippen molar-refractivity contribution in [2.75, 3.05) is 26.2 Å². The van der Waals surface area contributed by atoms with Crippen LogP contribution in [0.5, 0.6) is 0 Å². The van der Waals surface area contributed by atoms with Crippen molar-refractivity contribution in [1.82, 2.24) is 14.8 Å². The van der Waals surface area contributed by atoms with Gasteiger partial charge in [-0.25, -0.2) is 0 Å². The predicted octanol–water partition coefficient (Wildman–Crippen LogP) is 8.00. The number of likely N-dealkylation sites (tertiary alicyclic amines) is 1. The van der Waals surface area contributed by atoms with E-state index in [4.69, 9.17) is 0 Å². The van der Waals surface area contributed by atoms with Gasteiger partial charge in [-0.2, -0.15) is 0 Å². The molecule has 5 aliphatic carbocycles. The standard InChI is InChI=1S/C41H55N3O3/c1-25-17-26(2)34(39(46)18-25)9-10-38(45)41-28(4)44(37-8-6-5-7-35(37)41)27(3)31-11-14-43(15-12-31)16-13-42-40(47)24-36-32-20-29-19-30(22-32)23-33(36)21-29/h5-8,17,27,29-33,36H,9-16,18-24H2,1-4H3,(H,42,47). The highest BCUT2D eigenvalue weighted by molar-refractivity contribution is 6.10. The summed E-state index contributed by atoms with van der Waals surface area (Å²) in [6, 6.07) is 8.62. The van der Waals surface area contributed by atoms with E-state index in [0.29, 0.717) is 31.1 Å². The van der Waals surface area contributed by atoms with E-state index in [1.807, 2.05) is 19.9 Å². The maximum atomic E-state index is 13.8. The molecule has 1 aliphatic heterocycles. The molecule has 6 aliphatic rings. The zero-order chi connectivity index (χ0) is 32.8. The number of Topliss-reactive ketones (excluding diaryl/α,β-unsaturated/α-hetero) is 2. The van der Waals surface area contributed by atoms with Crippen LogP contribution < -0.4 is 5.32 Å². The number of nitrogens with one attached hydrogen (secondary N) is 1. The number of amides is 1. The summed E-state index contributed by atoms with van der Waals surface area (Å²) in [4.78, 5) is 42.0. The van der Waals surface area contributed by atoms with E-state index >= 15 is 0 Å². The topological polar surface area (TPSA) is 71.4 Å². The van der Waals surface area contributed by atoms with E-state index in [1.54, 1.807) is 0 Å². The van der Waals surface area contributed by atoms with Crippen molar-refractivity contribution in [1.29, 1.82) is 0 Å². The van der Waals surface area contributed by atoms with Crippen molar-refractivity contribution in [2.24, 2.45) is 35.5 Å². The Bertz CT molecular complexity index is 1570. The summed E-state index contributed by atoms with van der Waals surface area (Å²) in [6.45, 7) is 12.2. The number of fused-ring (bicyclic) bond motifs is 1. The molecule has 1 unspecified atom stereocenters. The van der Waals surface area contributed by atoms with E-state index in [2.05, 4.69) is 52.9 Å². The number of hydrogen-bond acceptors (Lipinski definition) is 4. The van der Waals surface area contributed by atoms with Crippen LogP contribution >= 0.6 is 0 Å². The maximum absolute atomic E-state index is 13.8. The molecule has 1 atom stereocenters. The van der Waals surface area contributed by atoms with Gasteiger partial charge in [-0.15, -0.1) is 0 Å². The lowest BCUT2D eigenvalue weighted by Gasteiger charge is -2.54. The normalized spacial score (nSPS) is 28.6. The number of piperidine rings is 1. The monoisotopic (exact) mass is 637 g/mol. The zero-order valence-corrected chi connectivity index (χ0v) is 29.2. The molecule has 2 heterocycles. The minimum Gasteiger partial charge on any atom is -0.355 e. The Morgan fingerprint density at radius 3 is 2.32 bits per heavy atom. The van der Waals surface area contributed by atoms with Gasteiger partial charge < -0.3 is 14.8 Å². The summed E-state index contributed by atoms with van der Waals surface area (Å²) in [6.07, 6.45) is 13.4. The minimum atomic E-state index is 0.129. The third-order valence-corrected chi connectivity index (χ3v) is 13.1. The third kappa shape index (κ3) is 6.56. The van der Waals surface area contributed by atoms with E-state index < -0.39 is 0 Å². The number of hydrogen-bond donors (Lipinski definition) is 1. The highest BCUT2D eigenvalue weighted by Gasteiger charge is 2.48. The lowest BCUT2D eigenvalue weighted by molar-refractivity contribution is -0.126. The number of aromatic nitrogens is 1. The molecule has 2 aromatic rings. The fraction of sp³-hybridized carbons (Fsp3) is 0.634. The molecule has 6 nitrogen and oxygen atoms in total. The summed E-state index contributed by atoms with van der Waals surface area (Å²) in [5.74, 6) is 5.26. The van der Waals surface area contributed by atoms with Crippen LogP contribution in [0.15, 0.2) is 47.1 Å². The smallest absolute Gasteiger partial charge is 0.220 e. The van der Waals surface area contributed by atoms with E-state index in [1.165, 1.54) is 32.1 Å². The van der Waals surface area contributed by atoms with Crippen molar-refractivity contribution in [2.45, 2.75) is 104 Å². The van der Waals surface area contributed by atoms with Crippen LogP contribution in [0.4, 0.5) is 0 Å². The molecule has 1 aromatic carbocycles. The fourth-order valence-corrected chi connectivity index (χ4v) is 10.9. The van der Waals surface area contributed by atoms with Crippen LogP contribution in [-0.4, -0.2) is 53.1 Å². The van der Waals surface area contributed by atoms with Gasteiger partial charge in [0.15, 0.2) is 11.6 Å². The lowest BCUT2D eigenvalue weighted by atomic mass is 9.51.